The molecule has 0 aromatic rings. The van der Waals surface area contributed by atoms with Crippen molar-refractivity contribution in [3.63, 3.8) is 0 Å². The molecule has 0 saturated heterocycles. The van der Waals surface area contributed by atoms with Crippen LogP contribution in [0, 0.1) is 0 Å². The van der Waals surface area contributed by atoms with Crippen molar-refractivity contribution in [1.29, 1.82) is 0 Å². The van der Waals surface area contributed by atoms with Gasteiger partial charge in [-0.05, 0) is 77.3 Å². The summed E-state index contributed by atoms with van der Waals surface area (Å²) in [5, 5.41) is 7.69. The van der Waals surface area contributed by atoms with E-state index in [0.717, 1.165) is 6.04 Å². The minimum atomic E-state index is 0.714. The van der Waals surface area contributed by atoms with Crippen LogP contribution in [-0.4, -0.2) is 25.2 Å². The summed E-state index contributed by atoms with van der Waals surface area (Å²) in [7, 11) is 0. The Bertz CT molecular complexity index is 360. The molecule has 0 aromatic heterocycles. The summed E-state index contributed by atoms with van der Waals surface area (Å²) in [4.78, 5) is 0. The number of allylic oxidation sites excluding steroid dienone is 1. The molecule has 0 aromatic carbocycles. The lowest BCUT2D eigenvalue weighted by atomic mass is 9.81. The molecule has 3 saturated carbocycles. The lowest BCUT2D eigenvalue weighted by Crippen LogP contribution is -2.37. The molecule has 0 spiro atoms. The van der Waals surface area contributed by atoms with Gasteiger partial charge in [0.1, 0.15) is 0 Å². The fourth-order valence-electron chi connectivity index (χ4n) is 4.94. The molecule has 2 N–H and O–H groups in total. The second kappa shape index (κ2) is 9.84. The largest absolute Gasteiger partial charge is 0.314 e. The minimum absolute atomic E-state index is 0.714. The van der Waals surface area contributed by atoms with Crippen molar-refractivity contribution in [3.05, 3.63) is 11.1 Å². The molecule has 0 aliphatic heterocycles. The normalized spacial score (nSPS) is 27.4. The molecule has 3 rings (SSSR count). The first kappa shape index (κ1) is 17.5. The highest BCUT2D eigenvalue weighted by Crippen LogP contribution is 2.33. The van der Waals surface area contributed by atoms with Crippen LogP contribution in [0.4, 0.5) is 0 Å². The highest BCUT2D eigenvalue weighted by molar-refractivity contribution is 5.22. The maximum Gasteiger partial charge on any atom is 0.0282 e. The van der Waals surface area contributed by atoms with Crippen molar-refractivity contribution in [2.24, 2.45) is 0 Å². The molecular formula is C21H38N2. The molecule has 0 unspecified atom stereocenters. The van der Waals surface area contributed by atoms with E-state index in [9.17, 15) is 0 Å². The van der Waals surface area contributed by atoms with E-state index in [1.165, 1.54) is 109 Å². The summed E-state index contributed by atoms with van der Waals surface area (Å²) in [6, 6.07) is 1.53. The van der Waals surface area contributed by atoms with E-state index in [1.807, 2.05) is 11.1 Å². The van der Waals surface area contributed by atoms with Gasteiger partial charge in [0.25, 0.3) is 0 Å². The summed E-state index contributed by atoms with van der Waals surface area (Å²) in [5.41, 5.74) is 3.67. The molecular weight excluding hydrogens is 280 g/mol. The lowest BCUT2D eigenvalue weighted by Gasteiger charge is -2.31. The standard InChI is InChI=1S/C21H38N2/c1-3-10-18(11-4-1)20-14-7-8-15-21(20)23-17-9-16-22-19-12-5-2-6-13-19/h19,21-23H,1-17H2/t21-/m1/s1. The average Bonchev–Trinajstić information content (AvgIpc) is 2.63. The van der Waals surface area contributed by atoms with E-state index >= 15 is 0 Å². The summed E-state index contributed by atoms with van der Waals surface area (Å²) in [6.45, 7) is 2.40. The summed E-state index contributed by atoms with van der Waals surface area (Å²) in [6.07, 6.45) is 21.2. The van der Waals surface area contributed by atoms with Gasteiger partial charge in [0.2, 0.25) is 0 Å². The first-order valence-corrected chi connectivity index (χ1v) is 10.6. The van der Waals surface area contributed by atoms with Crippen LogP contribution in [0.2, 0.25) is 0 Å². The zero-order chi connectivity index (χ0) is 15.7. The third-order valence-corrected chi connectivity index (χ3v) is 6.30. The third-order valence-electron chi connectivity index (χ3n) is 6.30. The van der Waals surface area contributed by atoms with Crippen LogP contribution in [-0.2, 0) is 0 Å². The van der Waals surface area contributed by atoms with Crippen molar-refractivity contribution >= 4 is 0 Å². The smallest absolute Gasteiger partial charge is 0.0282 e. The molecule has 2 heteroatoms. The number of hydrogen-bond acceptors (Lipinski definition) is 2. The molecule has 2 nitrogen and oxygen atoms in total. The molecule has 0 amide bonds. The average molecular weight is 319 g/mol. The maximum absolute atomic E-state index is 3.91. The zero-order valence-corrected chi connectivity index (χ0v) is 15.2. The van der Waals surface area contributed by atoms with Crippen LogP contribution in [0.1, 0.15) is 96.3 Å². The van der Waals surface area contributed by atoms with Gasteiger partial charge in [-0.2, -0.15) is 0 Å². The quantitative estimate of drug-likeness (QED) is 0.526. The fraction of sp³-hybridized carbons (Fsp3) is 0.905. The topological polar surface area (TPSA) is 24.1 Å². The Labute approximate surface area is 143 Å². The Morgan fingerprint density at radius 1 is 0.652 bits per heavy atom. The van der Waals surface area contributed by atoms with Gasteiger partial charge in [0.05, 0.1) is 0 Å². The van der Waals surface area contributed by atoms with Crippen LogP contribution in [0.15, 0.2) is 11.1 Å². The summed E-state index contributed by atoms with van der Waals surface area (Å²) in [5.74, 6) is 0. The molecule has 23 heavy (non-hydrogen) atoms. The van der Waals surface area contributed by atoms with Gasteiger partial charge in [-0.1, -0.05) is 43.3 Å². The second-order valence-electron chi connectivity index (χ2n) is 8.08. The van der Waals surface area contributed by atoms with Crippen LogP contribution >= 0.6 is 0 Å². The van der Waals surface area contributed by atoms with Gasteiger partial charge in [0.15, 0.2) is 0 Å². The van der Waals surface area contributed by atoms with E-state index in [4.69, 9.17) is 0 Å². The van der Waals surface area contributed by atoms with Gasteiger partial charge in [-0.3, -0.25) is 0 Å². The number of rotatable bonds is 6. The van der Waals surface area contributed by atoms with Gasteiger partial charge >= 0.3 is 0 Å². The lowest BCUT2D eigenvalue weighted by molar-refractivity contribution is 0.367. The Hall–Kier alpha value is -0.340. The monoisotopic (exact) mass is 318 g/mol. The predicted molar refractivity (Wildman–Crippen MR) is 99.9 cm³/mol. The van der Waals surface area contributed by atoms with Gasteiger partial charge in [0, 0.05) is 12.1 Å². The molecule has 0 heterocycles. The van der Waals surface area contributed by atoms with Crippen LogP contribution in [0.5, 0.6) is 0 Å². The van der Waals surface area contributed by atoms with Gasteiger partial charge < -0.3 is 10.6 Å². The molecule has 3 aliphatic carbocycles. The van der Waals surface area contributed by atoms with Crippen LogP contribution in [0.25, 0.3) is 0 Å². The zero-order valence-electron chi connectivity index (χ0n) is 15.2. The van der Waals surface area contributed by atoms with E-state index in [-0.39, 0.29) is 0 Å². The number of nitrogens with one attached hydrogen (secondary N) is 2. The fourth-order valence-corrected chi connectivity index (χ4v) is 4.94. The summed E-state index contributed by atoms with van der Waals surface area (Å²) < 4.78 is 0. The molecule has 3 aliphatic rings. The van der Waals surface area contributed by atoms with Crippen LogP contribution in [0.3, 0.4) is 0 Å². The molecule has 0 bridgehead atoms. The van der Waals surface area contributed by atoms with Crippen molar-refractivity contribution < 1.29 is 0 Å². The van der Waals surface area contributed by atoms with E-state index in [2.05, 4.69) is 10.6 Å². The Balaban J connectivity index is 1.37. The SMILES string of the molecule is C1CCC(=C2CCCC[C@H]2NCCCNC2CCCCC2)CC1. The minimum Gasteiger partial charge on any atom is -0.314 e. The van der Waals surface area contributed by atoms with Crippen molar-refractivity contribution in [2.75, 3.05) is 13.1 Å². The molecule has 1 atom stereocenters. The van der Waals surface area contributed by atoms with Crippen molar-refractivity contribution in [3.8, 4) is 0 Å². The van der Waals surface area contributed by atoms with Crippen molar-refractivity contribution in [1.82, 2.24) is 10.6 Å². The Morgan fingerprint density at radius 2 is 1.30 bits per heavy atom. The van der Waals surface area contributed by atoms with E-state index in [0.29, 0.717) is 6.04 Å². The molecule has 132 valence electrons. The van der Waals surface area contributed by atoms with Gasteiger partial charge in [-0.25, -0.2) is 0 Å². The molecule has 0 radical (unpaired) electrons. The first-order valence-electron chi connectivity index (χ1n) is 10.6. The number of hydrogen-bond donors (Lipinski definition) is 2. The highest BCUT2D eigenvalue weighted by atomic mass is 14.9. The predicted octanol–water partition coefficient (Wildman–Crippen LogP) is 5.09. The van der Waals surface area contributed by atoms with E-state index in [1.54, 1.807) is 0 Å². The highest BCUT2D eigenvalue weighted by Gasteiger charge is 2.22. The summed E-state index contributed by atoms with van der Waals surface area (Å²) >= 11 is 0. The van der Waals surface area contributed by atoms with Crippen molar-refractivity contribution in [2.45, 2.75) is 108 Å². The maximum atomic E-state index is 3.91. The Kier molecular flexibility index (Phi) is 7.48. The van der Waals surface area contributed by atoms with Gasteiger partial charge in [-0.15, -0.1) is 0 Å². The molecule has 3 fully saturated rings. The van der Waals surface area contributed by atoms with E-state index < -0.39 is 0 Å². The first-order chi connectivity index (χ1) is 11.4. The third kappa shape index (κ3) is 5.60. The van der Waals surface area contributed by atoms with Crippen LogP contribution < -0.4 is 10.6 Å². The second-order valence-corrected chi connectivity index (χ2v) is 8.08. The Morgan fingerprint density at radius 3 is 2.13 bits per heavy atom.